The van der Waals surface area contributed by atoms with Crippen molar-refractivity contribution in [3.8, 4) is 0 Å². The molecule has 186 valence electrons. The molecule has 0 saturated carbocycles. The van der Waals surface area contributed by atoms with E-state index in [1.807, 2.05) is 0 Å². The highest BCUT2D eigenvalue weighted by Crippen LogP contribution is 2.20. The number of aromatic nitrogens is 1. The van der Waals surface area contributed by atoms with Crippen molar-refractivity contribution in [3.63, 3.8) is 0 Å². The third-order valence-electron chi connectivity index (χ3n) is 4.98. The van der Waals surface area contributed by atoms with Gasteiger partial charge in [-0.1, -0.05) is 11.3 Å². The SMILES string of the molecule is CCOC(=O)c1ccc2c(c1)sc(=NC(=O)CS(=O)(=O)CC(=O)N1CCOCC1)n2CCOC. The fourth-order valence-electron chi connectivity index (χ4n) is 3.37. The molecule has 13 heteroatoms. The average molecular weight is 514 g/mol. The number of hydrogen-bond donors (Lipinski definition) is 0. The van der Waals surface area contributed by atoms with E-state index in [0.29, 0.717) is 55.2 Å². The van der Waals surface area contributed by atoms with Gasteiger partial charge in [-0.2, -0.15) is 4.99 Å². The van der Waals surface area contributed by atoms with Crippen molar-refractivity contribution < 1.29 is 37.0 Å². The van der Waals surface area contributed by atoms with Crippen molar-refractivity contribution in [3.05, 3.63) is 28.6 Å². The average Bonchev–Trinajstić information content (AvgIpc) is 3.13. The highest BCUT2D eigenvalue weighted by molar-refractivity contribution is 7.92. The highest BCUT2D eigenvalue weighted by Gasteiger charge is 2.25. The lowest BCUT2D eigenvalue weighted by molar-refractivity contribution is -0.132. The predicted octanol–water partition coefficient (Wildman–Crippen LogP) is 0.227. The molecule has 0 spiro atoms. The number of methoxy groups -OCH3 is 1. The van der Waals surface area contributed by atoms with Crippen LogP contribution in [0.2, 0.25) is 0 Å². The lowest BCUT2D eigenvalue weighted by Gasteiger charge is -2.26. The molecule has 34 heavy (non-hydrogen) atoms. The Morgan fingerprint density at radius 3 is 2.59 bits per heavy atom. The van der Waals surface area contributed by atoms with Gasteiger partial charge in [0.25, 0.3) is 5.91 Å². The molecule has 0 aliphatic carbocycles. The maximum absolute atomic E-state index is 12.5. The first-order valence-corrected chi connectivity index (χ1v) is 13.3. The van der Waals surface area contributed by atoms with Gasteiger partial charge in [-0.05, 0) is 25.1 Å². The second-order valence-corrected chi connectivity index (χ2v) is 10.5. The van der Waals surface area contributed by atoms with Crippen molar-refractivity contribution >= 4 is 49.2 Å². The standard InChI is InChI=1S/C21H27N3O8S2/c1-3-32-20(27)15-4-5-16-17(12-15)33-21(24(16)8-9-30-2)22-18(25)13-34(28,29)14-19(26)23-6-10-31-11-7-23/h4-5,12H,3,6-11,13-14H2,1-2H3. The van der Waals surface area contributed by atoms with Crippen LogP contribution in [0.5, 0.6) is 0 Å². The molecule has 1 aromatic heterocycles. The molecule has 2 heterocycles. The van der Waals surface area contributed by atoms with E-state index in [1.54, 1.807) is 29.7 Å². The van der Waals surface area contributed by atoms with Gasteiger partial charge in [0.05, 0.1) is 42.2 Å². The van der Waals surface area contributed by atoms with Crippen molar-refractivity contribution in [1.82, 2.24) is 9.47 Å². The van der Waals surface area contributed by atoms with Crippen LogP contribution in [-0.4, -0.2) is 93.8 Å². The van der Waals surface area contributed by atoms with Crippen molar-refractivity contribution in [2.24, 2.45) is 4.99 Å². The summed E-state index contributed by atoms with van der Waals surface area (Å²) in [5.74, 6) is -3.53. The Morgan fingerprint density at radius 2 is 1.91 bits per heavy atom. The van der Waals surface area contributed by atoms with Gasteiger partial charge in [-0.3, -0.25) is 9.59 Å². The molecule has 0 N–H and O–H groups in total. The van der Waals surface area contributed by atoms with Gasteiger partial charge in [0, 0.05) is 26.7 Å². The van der Waals surface area contributed by atoms with Gasteiger partial charge in [-0.25, -0.2) is 13.2 Å². The molecular formula is C21H27N3O8S2. The summed E-state index contributed by atoms with van der Waals surface area (Å²) in [6.07, 6.45) is 0. The maximum atomic E-state index is 12.5. The first-order valence-electron chi connectivity index (χ1n) is 10.7. The minimum absolute atomic E-state index is 0.243. The molecule has 1 aliphatic rings. The summed E-state index contributed by atoms with van der Waals surface area (Å²) >= 11 is 1.14. The second kappa shape index (κ2) is 11.7. The Labute approximate surface area is 200 Å². The Morgan fingerprint density at radius 1 is 1.18 bits per heavy atom. The molecule has 0 atom stereocenters. The fourth-order valence-corrected chi connectivity index (χ4v) is 5.58. The smallest absolute Gasteiger partial charge is 0.338 e. The number of carbonyl (C=O) groups is 3. The van der Waals surface area contributed by atoms with E-state index in [1.165, 1.54) is 12.0 Å². The van der Waals surface area contributed by atoms with Crippen LogP contribution in [0.25, 0.3) is 10.2 Å². The number of morpholine rings is 1. The highest BCUT2D eigenvalue weighted by atomic mass is 32.2. The lowest BCUT2D eigenvalue weighted by Crippen LogP contribution is -2.43. The monoisotopic (exact) mass is 513 g/mol. The lowest BCUT2D eigenvalue weighted by atomic mass is 10.2. The van der Waals surface area contributed by atoms with Gasteiger partial charge in [-0.15, -0.1) is 0 Å². The zero-order valence-corrected chi connectivity index (χ0v) is 20.7. The minimum Gasteiger partial charge on any atom is -0.462 e. The number of ether oxygens (including phenoxy) is 3. The van der Waals surface area contributed by atoms with Crippen LogP contribution in [-0.2, 0) is 40.2 Å². The molecule has 2 amide bonds. The van der Waals surface area contributed by atoms with Crippen LogP contribution in [0, 0.1) is 0 Å². The van der Waals surface area contributed by atoms with Crippen LogP contribution < -0.4 is 4.80 Å². The second-order valence-electron chi connectivity index (χ2n) is 7.46. The number of fused-ring (bicyclic) bond motifs is 1. The van der Waals surface area contributed by atoms with Crippen LogP contribution in [0.3, 0.4) is 0 Å². The number of thiazole rings is 1. The van der Waals surface area contributed by atoms with Gasteiger partial charge in [0.15, 0.2) is 14.6 Å². The van der Waals surface area contributed by atoms with Crippen molar-refractivity contribution in [1.29, 1.82) is 0 Å². The van der Waals surface area contributed by atoms with Crippen molar-refractivity contribution in [2.75, 3.05) is 58.1 Å². The van der Waals surface area contributed by atoms with E-state index >= 15 is 0 Å². The molecule has 0 radical (unpaired) electrons. The number of sulfone groups is 1. The quantitative estimate of drug-likeness (QED) is 0.435. The Balaban J connectivity index is 1.84. The van der Waals surface area contributed by atoms with E-state index in [2.05, 4.69) is 4.99 Å². The number of rotatable bonds is 9. The minimum atomic E-state index is -4.00. The predicted molar refractivity (Wildman–Crippen MR) is 124 cm³/mol. The van der Waals surface area contributed by atoms with Gasteiger partial charge >= 0.3 is 5.97 Å². The molecule has 3 rings (SSSR count). The molecule has 11 nitrogen and oxygen atoms in total. The molecular weight excluding hydrogens is 486 g/mol. The van der Waals surface area contributed by atoms with Gasteiger partial charge < -0.3 is 23.7 Å². The van der Waals surface area contributed by atoms with Crippen molar-refractivity contribution in [2.45, 2.75) is 13.5 Å². The topological polar surface area (TPSA) is 134 Å². The molecule has 1 aromatic carbocycles. The first-order chi connectivity index (χ1) is 16.2. The fraction of sp³-hybridized carbons (Fsp3) is 0.524. The third-order valence-corrected chi connectivity index (χ3v) is 7.40. The normalized spacial score (nSPS) is 15.0. The van der Waals surface area contributed by atoms with Crippen LogP contribution in [0.4, 0.5) is 0 Å². The summed E-state index contributed by atoms with van der Waals surface area (Å²) in [5, 5.41) is 0. The summed E-state index contributed by atoms with van der Waals surface area (Å²) in [4.78, 5) is 42.6. The number of esters is 1. The largest absolute Gasteiger partial charge is 0.462 e. The molecule has 0 unspecified atom stereocenters. The van der Waals surface area contributed by atoms with Crippen LogP contribution in [0.15, 0.2) is 23.2 Å². The van der Waals surface area contributed by atoms with E-state index < -0.39 is 39.1 Å². The maximum Gasteiger partial charge on any atom is 0.338 e. The number of benzene rings is 1. The van der Waals surface area contributed by atoms with Crippen LogP contribution >= 0.6 is 11.3 Å². The molecule has 0 bridgehead atoms. The Hall–Kier alpha value is -2.61. The molecule has 1 fully saturated rings. The number of hydrogen-bond acceptors (Lipinski definition) is 9. The summed E-state index contributed by atoms with van der Waals surface area (Å²) in [6.45, 7) is 4.00. The summed E-state index contributed by atoms with van der Waals surface area (Å²) in [5.41, 5.74) is 1.07. The van der Waals surface area contributed by atoms with E-state index in [9.17, 15) is 22.8 Å². The van der Waals surface area contributed by atoms with E-state index in [-0.39, 0.29) is 11.4 Å². The number of nitrogens with zero attached hydrogens (tertiary/aromatic N) is 3. The Bertz CT molecular complexity index is 1230. The van der Waals surface area contributed by atoms with Gasteiger partial charge in [0.1, 0.15) is 11.5 Å². The summed E-state index contributed by atoms with van der Waals surface area (Å²) < 4.78 is 42.6. The van der Waals surface area contributed by atoms with Crippen LogP contribution in [0.1, 0.15) is 17.3 Å². The zero-order chi connectivity index (χ0) is 24.7. The molecule has 1 aliphatic heterocycles. The molecule has 1 saturated heterocycles. The first kappa shape index (κ1) is 26.0. The number of amides is 2. The zero-order valence-electron chi connectivity index (χ0n) is 19.0. The summed E-state index contributed by atoms with van der Waals surface area (Å²) in [7, 11) is -2.46. The summed E-state index contributed by atoms with van der Waals surface area (Å²) in [6, 6.07) is 4.97. The van der Waals surface area contributed by atoms with Gasteiger partial charge in [0.2, 0.25) is 5.91 Å². The third kappa shape index (κ3) is 6.72. The molecule has 2 aromatic rings. The Kier molecular flexibility index (Phi) is 8.94. The van der Waals surface area contributed by atoms with E-state index in [0.717, 1.165) is 11.3 Å². The van der Waals surface area contributed by atoms with E-state index in [4.69, 9.17) is 14.2 Å². The number of carbonyl (C=O) groups excluding carboxylic acids is 3.